The van der Waals surface area contributed by atoms with E-state index in [9.17, 15) is 0 Å². The number of anilines is 3. The SMILES string of the molecule is CC1(C)c2ccccc2-c2ccc(N(c3ccc(-c4ccccc4)cc3)c3ccc4c(c3)c3cc5nc(-c6ccccc6)sc5c5c6ccccc6n4c35)cc21. The van der Waals surface area contributed by atoms with Crippen LogP contribution in [0.4, 0.5) is 17.1 Å². The first-order valence-electron chi connectivity index (χ1n) is 19.3. The first-order chi connectivity index (χ1) is 27.5. The molecule has 1 aliphatic carbocycles. The molecule has 0 atom stereocenters. The van der Waals surface area contributed by atoms with Crippen molar-refractivity contribution in [1.82, 2.24) is 9.38 Å². The number of rotatable bonds is 5. The fourth-order valence-corrected chi connectivity index (χ4v) is 10.6. The second kappa shape index (κ2) is 11.6. The lowest BCUT2D eigenvalue weighted by molar-refractivity contribution is 0.660. The largest absolute Gasteiger partial charge is 0.310 e. The van der Waals surface area contributed by atoms with Crippen LogP contribution in [0.25, 0.3) is 81.1 Å². The van der Waals surface area contributed by atoms with E-state index in [4.69, 9.17) is 4.98 Å². The molecule has 264 valence electrons. The molecule has 12 rings (SSSR count). The highest BCUT2D eigenvalue weighted by Crippen LogP contribution is 2.52. The Morgan fingerprint density at radius 2 is 1.12 bits per heavy atom. The van der Waals surface area contributed by atoms with Gasteiger partial charge in [0.25, 0.3) is 0 Å². The smallest absolute Gasteiger partial charge is 0.124 e. The van der Waals surface area contributed by atoms with Gasteiger partial charge in [-0.15, -0.1) is 11.3 Å². The molecular formula is C52H35N3S. The van der Waals surface area contributed by atoms with Gasteiger partial charge in [-0.05, 0) is 88.0 Å². The number of fused-ring (bicyclic) bond motifs is 11. The minimum atomic E-state index is -0.111. The van der Waals surface area contributed by atoms with Crippen LogP contribution in [0, 0.1) is 0 Å². The minimum Gasteiger partial charge on any atom is -0.310 e. The Hall–Kier alpha value is -6.75. The highest BCUT2D eigenvalue weighted by molar-refractivity contribution is 7.22. The van der Waals surface area contributed by atoms with E-state index in [2.05, 4.69) is 199 Å². The summed E-state index contributed by atoms with van der Waals surface area (Å²) in [5.74, 6) is 0. The Morgan fingerprint density at radius 1 is 0.500 bits per heavy atom. The van der Waals surface area contributed by atoms with Crippen molar-refractivity contribution >= 4 is 76.7 Å². The molecule has 0 saturated carbocycles. The van der Waals surface area contributed by atoms with E-state index in [1.54, 1.807) is 11.3 Å². The summed E-state index contributed by atoms with van der Waals surface area (Å²) < 4.78 is 3.72. The van der Waals surface area contributed by atoms with Crippen LogP contribution in [-0.2, 0) is 5.41 Å². The lowest BCUT2D eigenvalue weighted by Crippen LogP contribution is -2.16. The molecule has 0 aliphatic heterocycles. The summed E-state index contributed by atoms with van der Waals surface area (Å²) in [6.07, 6.45) is 0. The van der Waals surface area contributed by atoms with Crippen LogP contribution in [0.2, 0.25) is 0 Å². The zero-order chi connectivity index (χ0) is 37.1. The maximum Gasteiger partial charge on any atom is 0.124 e. The van der Waals surface area contributed by atoms with Crippen LogP contribution in [0.15, 0.2) is 176 Å². The number of hydrogen-bond donors (Lipinski definition) is 0. The number of thiazole rings is 1. The number of para-hydroxylation sites is 1. The van der Waals surface area contributed by atoms with Gasteiger partial charge in [-0.3, -0.25) is 0 Å². The van der Waals surface area contributed by atoms with Gasteiger partial charge < -0.3 is 9.30 Å². The summed E-state index contributed by atoms with van der Waals surface area (Å²) in [6.45, 7) is 4.72. The van der Waals surface area contributed by atoms with Gasteiger partial charge in [0, 0.05) is 49.6 Å². The number of hydrogen-bond acceptors (Lipinski definition) is 3. The third-order valence-corrected chi connectivity index (χ3v) is 13.3. The normalized spacial score (nSPS) is 13.3. The molecule has 0 N–H and O–H groups in total. The van der Waals surface area contributed by atoms with E-state index >= 15 is 0 Å². The maximum atomic E-state index is 5.27. The molecule has 0 radical (unpaired) electrons. The van der Waals surface area contributed by atoms with Crippen LogP contribution in [-0.4, -0.2) is 9.38 Å². The first-order valence-corrected chi connectivity index (χ1v) is 20.1. The van der Waals surface area contributed by atoms with Crippen molar-refractivity contribution in [3.8, 4) is 32.8 Å². The summed E-state index contributed by atoms with van der Waals surface area (Å²) >= 11 is 1.80. The summed E-state index contributed by atoms with van der Waals surface area (Å²) in [5.41, 5.74) is 17.0. The summed E-state index contributed by atoms with van der Waals surface area (Å²) in [4.78, 5) is 7.71. The van der Waals surface area contributed by atoms with Crippen LogP contribution >= 0.6 is 11.3 Å². The molecule has 11 aromatic rings. The van der Waals surface area contributed by atoms with Crippen molar-refractivity contribution in [3.05, 3.63) is 187 Å². The summed E-state index contributed by atoms with van der Waals surface area (Å²) in [6, 6.07) is 64.4. The quantitative estimate of drug-likeness (QED) is 0.176. The standard InChI is InChI=1S/C52H35N3S/c1-52(2)43-19-11-9-17-38(43)39-27-25-37(30-44(39)52)54(35-23-21-33(22-24-35)32-13-5-3-6-14-32)36-26-28-47-41(29-36)42-31-45-50(56-51(53-45)34-15-7-4-8-16-34)48-40-18-10-12-20-46(40)55(47)49(42)48/h3-31H,1-2H3. The average molecular weight is 734 g/mol. The Balaban J connectivity index is 1.10. The molecule has 0 spiro atoms. The van der Waals surface area contributed by atoms with Crippen molar-refractivity contribution in [1.29, 1.82) is 0 Å². The summed E-state index contributed by atoms with van der Waals surface area (Å²) in [7, 11) is 0. The van der Waals surface area contributed by atoms with Crippen molar-refractivity contribution < 1.29 is 0 Å². The Labute approximate surface area is 328 Å². The van der Waals surface area contributed by atoms with Crippen molar-refractivity contribution in [2.45, 2.75) is 19.3 Å². The van der Waals surface area contributed by atoms with Crippen molar-refractivity contribution in [3.63, 3.8) is 0 Å². The van der Waals surface area contributed by atoms with Gasteiger partial charge in [-0.25, -0.2) is 4.98 Å². The van der Waals surface area contributed by atoms with E-state index in [-0.39, 0.29) is 5.41 Å². The molecule has 0 fully saturated rings. The second-order valence-corrected chi connectivity index (χ2v) is 16.6. The number of aromatic nitrogens is 2. The van der Waals surface area contributed by atoms with Crippen molar-refractivity contribution in [2.24, 2.45) is 0 Å². The van der Waals surface area contributed by atoms with Gasteiger partial charge in [-0.2, -0.15) is 0 Å². The van der Waals surface area contributed by atoms with Gasteiger partial charge in [0.05, 0.1) is 26.8 Å². The van der Waals surface area contributed by atoms with E-state index in [1.165, 1.54) is 76.2 Å². The van der Waals surface area contributed by atoms with Gasteiger partial charge in [0.15, 0.2) is 0 Å². The van der Waals surface area contributed by atoms with Crippen molar-refractivity contribution in [2.75, 3.05) is 4.90 Å². The molecular weight excluding hydrogens is 699 g/mol. The molecule has 0 unspecified atom stereocenters. The third-order valence-electron chi connectivity index (χ3n) is 12.1. The van der Waals surface area contributed by atoms with Crippen LogP contribution in [0.1, 0.15) is 25.0 Å². The molecule has 0 amide bonds. The minimum absolute atomic E-state index is 0.111. The first kappa shape index (κ1) is 31.6. The lowest BCUT2D eigenvalue weighted by Gasteiger charge is -2.28. The topological polar surface area (TPSA) is 20.5 Å². The Bertz CT molecular complexity index is 3320. The third kappa shape index (κ3) is 4.42. The fraction of sp³-hybridized carbons (Fsp3) is 0.0577. The molecule has 3 nitrogen and oxygen atoms in total. The molecule has 3 heterocycles. The molecule has 4 heteroatoms. The van der Waals surface area contributed by atoms with Gasteiger partial charge in [0.2, 0.25) is 0 Å². The highest BCUT2D eigenvalue weighted by Gasteiger charge is 2.36. The molecule has 0 bridgehead atoms. The zero-order valence-electron chi connectivity index (χ0n) is 31.0. The lowest BCUT2D eigenvalue weighted by atomic mass is 9.82. The average Bonchev–Trinajstić information content (AvgIpc) is 3.98. The van der Waals surface area contributed by atoms with E-state index in [0.717, 1.165) is 33.1 Å². The predicted molar refractivity (Wildman–Crippen MR) is 237 cm³/mol. The molecule has 1 aliphatic rings. The predicted octanol–water partition coefficient (Wildman–Crippen LogP) is 14.6. The Morgan fingerprint density at radius 3 is 1.95 bits per heavy atom. The zero-order valence-corrected chi connectivity index (χ0v) is 31.8. The monoisotopic (exact) mass is 733 g/mol. The van der Waals surface area contributed by atoms with Gasteiger partial charge in [0.1, 0.15) is 5.01 Å². The second-order valence-electron chi connectivity index (χ2n) is 15.6. The highest BCUT2D eigenvalue weighted by atomic mass is 32.1. The van der Waals surface area contributed by atoms with Crippen LogP contribution in [0.3, 0.4) is 0 Å². The van der Waals surface area contributed by atoms with E-state index in [1.807, 2.05) is 0 Å². The molecule has 56 heavy (non-hydrogen) atoms. The van der Waals surface area contributed by atoms with Crippen LogP contribution in [0.5, 0.6) is 0 Å². The molecule has 3 aromatic heterocycles. The number of nitrogens with zero attached hydrogens (tertiary/aromatic N) is 3. The summed E-state index contributed by atoms with van der Waals surface area (Å²) in [5, 5.41) is 6.07. The molecule has 0 saturated heterocycles. The van der Waals surface area contributed by atoms with Gasteiger partial charge in [-0.1, -0.05) is 135 Å². The van der Waals surface area contributed by atoms with E-state index in [0.29, 0.717) is 0 Å². The Kier molecular flexibility index (Phi) is 6.56. The van der Waals surface area contributed by atoms with Gasteiger partial charge >= 0.3 is 0 Å². The molecule has 8 aromatic carbocycles. The van der Waals surface area contributed by atoms with Crippen LogP contribution < -0.4 is 4.90 Å². The maximum absolute atomic E-state index is 5.27. The van der Waals surface area contributed by atoms with E-state index < -0.39 is 0 Å². The fourth-order valence-electron chi connectivity index (χ4n) is 9.48. The number of benzene rings is 8.